The zero-order valence-corrected chi connectivity index (χ0v) is 24.5. The van der Waals surface area contributed by atoms with Crippen LogP contribution in [-0.2, 0) is 22.4 Å². The van der Waals surface area contributed by atoms with Crippen molar-refractivity contribution in [3.8, 4) is 0 Å². The van der Waals surface area contributed by atoms with E-state index in [2.05, 4.69) is 25.1 Å². The average Bonchev–Trinajstić information content (AvgIpc) is 3.20. The van der Waals surface area contributed by atoms with Gasteiger partial charge in [0.1, 0.15) is 17.3 Å². The molecular formula is C32H44F5O2S. The van der Waals surface area contributed by atoms with Crippen LogP contribution in [0.1, 0.15) is 114 Å². The number of fused-ring (bicyclic) bond motifs is 5. The number of benzene rings is 1. The minimum absolute atomic E-state index is 0.106. The minimum Gasteiger partial charge on any atom is -0.616 e. The predicted molar refractivity (Wildman–Crippen MR) is 149 cm³/mol. The van der Waals surface area contributed by atoms with Crippen LogP contribution in [0.2, 0.25) is 0 Å². The summed E-state index contributed by atoms with van der Waals surface area (Å²) in [5.41, 5.74) is 2.82. The Morgan fingerprint density at radius 2 is 1.68 bits per heavy atom. The fourth-order valence-corrected chi connectivity index (χ4v) is 9.17. The van der Waals surface area contributed by atoms with Gasteiger partial charge in [0.15, 0.2) is 0 Å². The molecular weight excluding hydrogens is 543 g/mol. The first-order valence-electron chi connectivity index (χ1n) is 15.3. The molecule has 3 aliphatic rings. The topological polar surface area (TPSA) is 40.1 Å². The highest BCUT2D eigenvalue weighted by molar-refractivity contribution is 7.91. The smallest absolute Gasteiger partial charge is 0.453 e. The van der Waals surface area contributed by atoms with Crippen molar-refractivity contribution in [2.75, 3.05) is 11.5 Å². The van der Waals surface area contributed by atoms with E-state index in [0.717, 1.165) is 57.8 Å². The van der Waals surface area contributed by atoms with E-state index in [0.29, 0.717) is 41.6 Å². The molecule has 0 amide bonds. The lowest BCUT2D eigenvalue weighted by atomic mass is 9.52. The van der Waals surface area contributed by atoms with Crippen molar-refractivity contribution in [1.82, 2.24) is 0 Å². The summed E-state index contributed by atoms with van der Waals surface area (Å²) >= 11 is -1.35. The van der Waals surface area contributed by atoms with Gasteiger partial charge in [0.2, 0.25) is 0 Å². The monoisotopic (exact) mass is 587 g/mol. The summed E-state index contributed by atoms with van der Waals surface area (Å²) in [5.74, 6) is -1.67. The molecule has 0 saturated heterocycles. The van der Waals surface area contributed by atoms with Crippen molar-refractivity contribution in [1.29, 1.82) is 0 Å². The lowest BCUT2D eigenvalue weighted by Gasteiger charge is -2.51. The van der Waals surface area contributed by atoms with Gasteiger partial charge in [0.05, 0.1) is 0 Å². The predicted octanol–water partition coefficient (Wildman–Crippen LogP) is 8.99. The molecule has 40 heavy (non-hydrogen) atoms. The Labute approximate surface area is 239 Å². The third kappa shape index (κ3) is 7.25. The van der Waals surface area contributed by atoms with E-state index in [-0.39, 0.29) is 17.6 Å². The van der Waals surface area contributed by atoms with Gasteiger partial charge in [-0.25, -0.2) is 0 Å². The van der Waals surface area contributed by atoms with Crippen molar-refractivity contribution >= 4 is 17.0 Å². The minimum atomic E-state index is -5.54. The molecule has 0 N–H and O–H groups in total. The number of carbonyl (C=O) groups is 1. The Bertz CT molecular complexity index is 982. The molecule has 2 nitrogen and oxygen atoms in total. The number of halogens is 5. The maximum Gasteiger partial charge on any atom is 0.453 e. The highest BCUT2D eigenvalue weighted by Gasteiger charge is 2.57. The van der Waals surface area contributed by atoms with Gasteiger partial charge in [-0.05, 0) is 92.2 Å². The van der Waals surface area contributed by atoms with Gasteiger partial charge in [-0.3, -0.25) is 4.79 Å². The molecule has 0 aliphatic heterocycles. The molecule has 1 aromatic rings. The van der Waals surface area contributed by atoms with Gasteiger partial charge in [0.25, 0.3) is 0 Å². The molecule has 8 heteroatoms. The van der Waals surface area contributed by atoms with Crippen LogP contribution in [0, 0.1) is 29.2 Å². The van der Waals surface area contributed by atoms with Gasteiger partial charge >= 0.3 is 12.1 Å². The van der Waals surface area contributed by atoms with Gasteiger partial charge in [-0.2, -0.15) is 22.0 Å². The quantitative estimate of drug-likeness (QED) is 0.124. The summed E-state index contributed by atoms with van der Waals surface area (Å²) in [7, 11) is 0. The zero-order valence-electron chi connectivity index (χ0n) is 23.7. The standard InChI is InChI=1S/C32H44F5O2S/c1-30-19-17-26-25-14-9-8-12-23(25)22-24(29(26)27(30)15-16-28(30)38)13-7-5-3-2-4-6-10-20-40(39)21-11-18-31(33,34)32(35,36)37/h9,12,14,24,26-27,29H,2-7,10-11,13,15-22H2,1H3/t24-,26?,27?,29-,30?,40?/m1/s1. The number of unbranched alkanes of at least 4 members (excludes halogenated alkanes) is 6. The summed E-state index contributed by atoms with van der Waals surface area (Å²) in [6.45, 7) is 2.23. The third-order valence-corrected chi connectivity index (χ3v) is 11.7. The number of hydrogen-bond acceptors (Lipinski definition) is 2. The Balaban J connectivity index is 1.13. The first-order valence-corrected chi connectivity index (χ1v) is 16.7. The van der Waals surface area contributed by atoms with Crippen molar-refractivity contribution in [3.63, 3.8) is 0 Å². The van der Waals surface area contributed by atoms with Crippen LogP contribution in [0.3, 0.4) is 0 Å². The molecule has 0 spiro atoms. The normalized spacial score (nSPS) is 29.1. The summed E-state index contributed by atoms with van der Waals surface area (Å²) in [6.07, 6.45) is 6.21. The molecule has 0 aromatic heterocycles. The summed E-state index contributed by atoms with van der Waals surface area (Å²) in [6, 6.07) is 9.77. The molecule has 2 fully saturated rings. The Morgan fingerprint density at radius 3 is 2.40 bits per heavy atom. The fourth-order valence-electron chi connectivity index (χ4n) is 7.97. The van der Waals surface area contributed by atoms with Crippen molar-refractivity contribution in [2.24, 2.45) is 23.2 Å². The first-order chi connectivity index (χ1) is 18.9. The number of carbonyl (C=O) groups excluding carboxylic acids is 1. The van der Waals surface area contributed by atoms with E-state index >= 15 is 0 Å². The van der Waals surface area contributed by atoms with E-state index in [4.69, 9.17) is 0 Å². The Hall–Kier alpha value is -1.15. The number of ketones is 1. The van der Waals surface area contributed by atoms with Gasteiger partial charge in [-0.1, -0.05) is 68.4 Å². The SMILES string of the molecule is CC12CCC3c4cc[c]cc4C[C@@H](CCCCCCCCC[S+]([O-])CCCC(F)(F)C(F)(F)F)[C@H]3C1CCC2=O. The molecule has 4 rings (SSSR count). The van der Waals surface area contributed by atoms with E-state index in [9.17, 15) is 31.3 Å². The average molecular weight is 588 g/mol. The van der Waals surface area contributed by atoms with Crippen LogP contribution in [0.15, 0.2) is 18.2 Å². The van der Waals surface area contributed by atoms with Crippen LogP contribution in [0.25, 0.3) is 0 Å². The highest BCUT2D eigenvalue weighted by atomic mass is 32.2. The molecule has 1 aromatic carbocycles. The van der Waals surface area contributed by atoms with Crippen LogP contribution in [-0.4, -0.2) is 33.9 Å². The molecule has 2 saturated carbocycles. The Morgan fingerprint density at radius 1 is 1.00 bits per heavy atom. The van der Waals surface area contributed by atoms with E-state index in [1.165, 1.54) is 30.4 Å². The second-order valence-electron chi connectivity index (χ2n) is 12.7. The van der Waals surface area contributed by atoms with Crippen LogP contribution >= 0.6 is 0 Å². The van der Waals surface area contributed by atoms with Gasteiger partial charge in [0, 0.05) is 18.3 Å². The van der Waals surface area contributed by atoms with Gasteiger partial charge < -0.3 is 4.55 Å². The van der Waals surface area contributed by atoms with E-state index in [1.54, 1.807) is 0 Å². The lowest BCUT2D eigenvalue weighted by molar-refractivity contribution is -0.284. The molecule has 4 unspecified atom stereocenters. The summed E-state index contributed by atoms with van der Waals surface area (Å²) < 4.78 is 74.5. The first kappa shape index (κ1) is 31.8. The molecule has 1 radical (unpaired) electrons. The molecule has 0 bridgehead atoms. The number of alkyl halides is 5. The fraction of sp³-hybridized carbons (Fsp3) is 0.781. The molecule has 3 aliphatic carbocycles. The second kappa shape index (κ2) is 13.4. The number of Topliss-reactive ketones (excluding diaryl/α,β-unsaturated/α-hetero) is 1. The van der Waals surface area contributed by atoms with Crippen molar-refractivity contribution in [3.05, 3.63) is 35.4 Å². The van der Waals surface area contributed by atoms with Crippen LogP contribution in [0.4, 0.5) is 22.0 Å². The zero-order chi connectivity index (χ0) is 29.0. The second-order valence-corrected chi connectivity index (χ2v) is 14.4. The van der Waals surface area contributed by atoms with Crippen LogP contribution in [0.5, 0.6) is 0 Å². The largest absolute Gasteiger partial charge is 0.616 e. The highest BCUT2D eigenvalue weighted by Crippen LogP contribution is 2.61. The van der Waals surface area contributed by atoms with Crippen molar-refractivity contribution in [2.45, 2.75) is 121 Å². The summed E-state index contributed by atoms with van der Waals surface area (Å²) in [5, 5.41) is 0. The molecule has 225 valence electrons. The lowest BCUT2D eigenvalue weighted by Crippen LogP contribution is -2.46. The van der Waals surface area contributed by atoms with Crippen molar-refractivity contribution < 1.29 is 31.3 Å². The maximum atomic E-state index is 12.9. The number of hydrogen-bond donors (Lipinski definition) is 0. The van der Waals surface area contributed by atoms with Gasteiger partial charge in [-0.15, -0.1) is 0 Å². The number of rotatable bonds is 14. The van der Waals surface area contributed by atoms with E-state index in [1.807, 2.05) is 6.07 Å². The van der Waals surface area contributed by atoms with Crippen LogP contribution < -0.4 is 0 Å². The van der Waals surface area contributed by atoms with E-state index < -0.39 is 29.7 Å². The molecule has 0 heterocycles. The maximum absolute atomic E-state index is 12.9. The third-order valence-electron chi connectivity index (χ3n) is 10.2. The molecule has 6 atom stereocenters. The summed E-state index contributed by atoms with van der Waals surface area (Å²) in [4.78, 5) is 12.8. The Kier molecular flexibility index (Phi) is 10.7.